The first-order valence-corrected chi connectivity index (χ1v) is 8.27. The standard InChI is InChI=1S/C16H22N6O2/c1-11-4-3-5-13(12(11)2)19-15(23)8-21-16(24)7-6-14(20-21)22-10-17-9-18-22/h6-7,9-13H,3-5,8H2,1-2H3,(H,19,23)/t11-,12-,13-/m1/s1. The summed E-state index contributed by atoms with van der Waals surface area (Å²) < 4.78 is 2.60. The first kappa shape index (κ1) is 16.4. The van der Waals surface area contributed by atoms with Gasteiger partial charge in [-0.1, -0.05) is 26.7 Å². The van der Waals surface area contributed by atoms with Crippen molar-refractivity contribution < 1.29 is 4.79 Å². The molecule has 0 unspecified atom stereocenters. The average molecular weight is 330 g/mol. The Bertz CT molecular complexity index is 754. The zero-order valence-corrected chi connectivity index (χ0v) is 13.9. The molecule has 3 atom stereocenters. The van der Waals surface area contributed by atoms with E-state index < -0.39 is 0 Å². The summed E-state index contributed by atoms with van der Waals surface area (Å²) in [5, 5.41) is 11.2. The summed E-state index contributed by atoms with van der Waals surface area (Å²) in [6.45, 7) is 4.29. The predicted molar refractivity (Wildman–Crippen MR) is 87.5 cm³/mol. The van der Waals surface area contributed by atoms with Crippen LogP contribution in [0.2, 0.25) is 0 Å². The molecule has 0 spiro atoms. The van der Waals surface area contributed by atoms with Crippen molar-refractivity contribution >= 4 is 5.91 Å². The normalized spacial score (nSPS) is 23.8. The molecule has 0 radical (unpaired) electrons. The molecule has 2 aromatic heterocycles. The summed E-state index contributed by atoms with van der Waals surface area (Å²) in [4.78, 5) is 28.1. The number of hydrogen-bond donors (Lipinski definition) is 1. The minimum Gasteiger partial charge on any atom is -0.351 e. The Morgan fingerprint density at radius 1 is 1.33 bits per heavy atom. The fourth-order valence-electron chi connectivity index (χ4n) is 3.17. The Kier molecular flexibility index (Phi) is 4.73. The van der Waals surface area contributed by atoms with E-state index in [0.717, 1.165) is 17.5 Å². The first-order chi connectivity index (χ1) is 11.5. The molecule has 3 rings (SSSR count). The maximum absolute atomic E-state index is 12.3. The van der Waals surface area contributed by atoms with E-state index in [-0.39, 0.29) is 24.1 Å². The van der Waals surface area contributed by atoms with Crippen molar-refractivity contribution in [3.05, 3.63) is 35.1 Å². The monoisotopic (exact) mass is 330 g/mol. The number of rotatable bonds is 4. The average Bonchev–Trinajstić information content (AvgIpc) is 3.08. The third-order valence-electron chi connectivity index (χ3n) is 4.85. The van der Waals surface area contributed by atoms with E-state index in [0.29, 0.717) is 17.7 Å². The summed E-state index contributed by atoms with van der Waals surface area (Å²) in [7, 11) is 0. The SMILES string of the molecule is C[C@@H]1[C@H](C)CCC[C@H]1NC(=O)Cn1nc(-n2cncn2)ccc1=O. The number of carbonyl (C=O) groups is 1. The van der Waals surface area contributed by atoms with Crippen LogP contribution in [0, 0.1) is 11.8 Å². The van der Waals surface area contributed by atoms with Gasteiger partial charge < -0.3 is 5.32 Å². The van der Waals surface area contributed by atoms with Gasteiger partial charge in [-0.05, 0) is 24.3 Å². The van der Waals surface area contributed by atoms with Gasteiger partial charge in [0.1, 0.15) is 19.2 Å². The first-order valence-electron chi connectivity index (χ1n) is 8.27. The lowest BCUT2D eigenvalue weighted by atomic mass is 9.78. The topological polar surface area (TPSA) is 94.7 Å². The second-order valence-electron chi connectivity index (χ2n) is 6.47. The zero-order valence-electron chi connectivity index (χ0n) is 13.9. The van der Waals surface area contributed by atoms with E-state index in [4.69, 9.17) is 0 Å². The van der Waals surface area contributed by atoms with Crippen LogP contribution in [0.25, 0.3) is 5.82 Å². The highest BCUT2D eigenvalue weighted by molar-refractivity contribution is 5.76. The van der Waals surface area contributed by atoms with Gasteiger partial charge in [0.05, 0.1) is 0 Å². The molecule has 0 saturated heterocycles. The van der Waals surface area contributed by atoms with E-state index in [1.54, 1.807) is 6.07 Å². The number of nitrogens with one attached hydrogen (secondary N) is 1. The molecular weight excluding hydrogens is 308 g/mol. The van der Waals surface area contributed by atoms with Crippen LogP contribution < -0.4 is 10.9 Å². The van der Waals surface area contributed by atoms with Gasteiger partial charge in [-0.2, -0.15) is 5.10 Å². The van der Waals surface area contributed by atoms with Gasteiger partial charge in [0.15, 0.2) is 5.82 Å². The van der Waals surface area contributed by atoms with Crippen molar-refractivity contribution in [3.8, 4) is 5.82 Å². The lowest BCUT2D eigenvalue weighted by molar-refractivity contribution is -0.123. The van der Waals surface area contributed by atoms with Crippen LogP contribution in [-0.2, 0) is 11.3 Å². The highest BCUT2D eigenvalue weighted by atomic mass is 16.2. The smallest absolute Gasteiger partial charge is 0.267 e. The van der Waals surface area contributed by atoms with Crippen LogP contribution in [0.3, 0.4) is 0 Å². The molecule has 1 fully saturated rings. The molecule has 2 heterocycles. The van der Waals surface area contributed by atoms with Crippen LogP contribution >= 0.6 is 0 Å². The number of nitrogens with zero attached hydrogens (tertiary/aromatic N) is 5. The van der Waals surface area contributed by atoms with Gasteiger partial charge in [-0.15, -0.1) is 5.10 Å². The quantitative estimate of drug-likeness (QED) is 0.893. The van der Waals surface area contributed by atoms with Crippen LogP contribution in [0.15, 0.2) is 29.6 Å². The van der Waals surface area contributed by atoms with E-state index in [9.17, 15) is 9.59 Å². The lowest BCUT2D eigenvalue weighted by Gasteiger charge is -2.34. The van der Waals surface area contributed by atoms with E-state index >= 15 is 0 Å². The minimum absolute atomic E-state index is 0.0982. The molecule has 0 bridgehead atoms. The molecule has 0 aromatic carbocycles. The van der Waals surface area contributed by atoms with Gasteiger partial charge in [-0.25, -0.2) is 14.3 Å². The van der Waals surface area contributed by atoms with Gasteiger partial charge in [0, 0.05) is 12.1 Å². The Morgan fingerprint density at radius 3 is 2.92 bits per heavy atom. The maximum atomic E-state index is 12.3. The number of amides is 1. The highest BCUT2D eigenvalue weighted by Gasteiger charge is 2.28. The molecule has 1 aliphatic rings. The fourth-order valence-corrected chi connectivity index (χ4v) is 3.17. The lowest BCUT2D eigenvalue weighted by Crippen LogP contribution is -2.45. The third kappa shape index (κ3) is 3.52. The predicted octanol–water partition coefficient (Wildman–Crippen LogP) is 0.765. The van der Waals surface area contributed by atoms with Gasteiger partial charge in [0.25, 0.3) is 5.56 Å². The van der Waals surface area contributed by atoms with Gasteiger partial charge >= 0.3 is 0 Å². The zero-order chi connectivity index (χ0) is 17.1. The van der Waals surface area contributed by atoms with Crippen LogP contribution in [0.5, 0.6) is 0 Å². The summed E-state index contributed by atoms with van der Waals surface area (Å²) >= 11 is 0. The number of aromatic nitrogens is 5. The van der Waals surface area contributed by atoms with Crippen molar-refractivity contribution in [2.45, 2.75) is 45.7 Å². The second-order valence-corrected chi connectivity index (χ2v) is 6.47. The van der Waals surface area contributed by atoms with Crippen LogP contribution in [0.1, 0.15) is 33.1 Å². The Hall–Kier alpha value is -2.51. The molecule has 0 aliphatic heterocycles. The molecule has 24 heavy (non-hydrogen) atoms. The molecule has 1 saturated carbocycles. The van der Waals surface area contributed by atoms with E-state index in [1.165, 1.54) is 29.8 Å². The molecule has 8 heteroatoms. The largest absolute Gasteiger partial charge is 0.351 e. The van der Waals surface area contributed by atoms with Crippen molar-refractivity contribution in [2.75, 3.05) is 0 Å². The van der Waals surface area contributed by atoms with Crippen molar-refractivity contribution in [2.24, 2.45) is 11.8 Å². The summed E-state index contributed by atoms with van der Waals surface area (Å²) in [6.07, 6.45) is 6.18. The highest BCUT2D eigenvalue weighted by Crippen LogP contribution is 2.29. The molecule has 128 valence electrons. The molecule has 1 N–H and O–H groups in total. The molecular formula is C16H22N6O2. The minimum atomic E-state index is -0.320. The van der Waals surface area contributed by atoms with Crippen LogP contribution in [-0.4, -0.2) is 36.5 Å². The fraction of sp³-hybridized carbons (Fsp3) is 0.562. The van der Waals surface area contributed by atoms with E-state index in [2.05, 4.69) is 34.3 Å². The Balaban J connectivity index is 1.70. The summed E-state index contributed by atoms with van der Waals surface area (Å²) in [5.74, 6) is 1.29. The van der Waals surface area contributed by atoms with E-state index in [1.807, 2.05) is 0 Å². The number of hydrogen-bond acceptors (Lipinski definition) is 5. The molecule has 8 nitrogen and oxygen atoms in total. The summed E-state index contributed by atoms with van der Waals surface area (Å²) in [6, 6.07) is 3.09. The second kappa shape index (κ2) is 6.94. The number of carbonyl (C=O) groups excluding carboxylic acids is 1. The molecule has 1 aliphatic carbocycles. The Labute approximate surface area is 139 Å². The molecule has 1 amide bonds. The van der Waals surface area contributed by atoms with Crippen molar-refractivity contribution in [3.63, 3.8) is 0 Å². The summed E-state index contributed by atoms with van der Waals surface area (Å²) in [5.41, 5.74) is -0.320. The Morgan fingerprint density at radius 2 is 2.17 bits per heavy atom. The van der Waals surface area contributed by atoms with Gasteiger partial charge in [0.2, 0.25) is 5.91 Å². The van der Waals surface area contributed by atoms with Crippen molar-refractivity contribution in [1.29, 1.82) is 0 Å². The maximum Gasteiger partial charge on any atom is 0.267 e. The molecule has 2 aromatic rings. The van der Waals surface area contributed by atoms with Gasteiger partial charge in [-0.3, -0.25) is 9.59 Å². The van der Waals surface area contributed by atoms with Crippen LogP contribution in [0.4, 0.5) is 0 Å². The third-order valence-corrected chi connectivity index (χ3v) is 4.85. The van der Waals surface area contributed by atoms with Crippen molar-refractivity contribution in [1.82, 2.24) is 29.9 Å².